The fourth-order valence-corrected chi connectivity index (χ4v) is 3.05. The first-order valence-corrected chi connectivity index (χ1v) is 9.00. The lowest BCUT2D eigenvalue weighted by Crippen LogP contribution is -2.22. The van der Waals surface area contributed by atoms with Crippen LogP contribution < -0.4 is 5.43 Å². The van der Waals surface area contributed by atoms with Crippen LogP contribution in [0.2, 0.25) is 0 Å². The molecule has 1 amide bonds. The van der Waals surface area contributed by atoms with Crippen LogP contribution in [0.5, 0.6) is 11.5 Å². The minimum Gasteiger partial charge on any atom is -0.508 e. The molecule has 0 aliphatic rings. The van der Waals surface area contributed by atoms with Gasteiger partial charge in [0, 0.05) is 17.9 Å². The number of hydrogen-bond acceptors (Lipinski definition) is 4. The first-order valence-electron chi connectivity index (χ1n) is 9.00. The fraction of sp³-hybridized carbons (Fsp3) is 0.130. The van der Waals surface area contributed by atoms with Gasteiger partial charge in [-0.2, -0.15) is 5.10 Å². The van der Waals surface area contributed by atoms with E-state index < -0.39 is 0 Å². The van der Waals surface area contributed by atoms with Gasteiger partial charge in [-0.05, 0) is 36.2 Å². The van der Waals surface area contributed by atoms with Gasteiger partial charge < -0.3 is 10.2 Å². The molecule has 0 atom stereocenters. The highest BCUT2D eigenvalue weighted by Gasteiger charge is 2.18. The van der Waals surface area contributed by atoms with Crippen molar-refractivity contribution in [3.63, 3.8) is 0 Å². The van der Waals surface area contributed by atoms with E-state index in [1.54, 1.807) is 6.92 Å². The number of aromatic hydroxyl groups is 2. The molecule has 0 heterocycles. The lowest BCUT2D eigenvalue weighted by Gasteiger charge is -2.17. The van der Waals surface area contributed by atoms with Gasteiger partial charge >= 0.3 is 0 Å². The van der Waals surface area contributed by atoms with Crippen LogP contribution in [0.3, 0.4) is 0 Å². The summed E-state index contributed by atoms with van der Waals surface area (Å²) in [6.07, 6.45) is 0.233. The summed E-state index contributed by atoms with van der Waals surface area (Å²) >= 11 is 0. The monoisotopic (exact) mass is 374 g/mol. The molecule has 3 rings (SSSR count). The minimum absolute atomic E-state index is 0.0141. The van der Waals surface area contributed by atoms with Gasteiger partial charge in [0.05, 0.1) is 5.71 Å². The predicted molar refractivity (Wildman–Crippen MR) is 109 cm³/mol. The molecule has 0 aromatic heterocycles. The van der Waals surface area contributed by atoms with Crippen LogP contribution in [-0.2, 0) is 4.79 Å². The summed E-state index contributed by atoms with van der Waals surface area (Å²) < 4.78 is 0. The molecule has 3 aromatic rings. The first-order chi connectivity index (χ1) is 13.5. The molecule has 0 spiro atoms. The molecule has 3 N–H and O–H groups in total. The number of nitrogens with one attached hydrogen (secondary N) is 1. The van der Waals surface area contributed by atoms with E-state index in [-0.39, 0.29) is 29.7 Å². The number of nitrogens with zero attached hydrogens (tertiary/aromatic N) is 1. The van der Waals surface area contributed by atoms with E-state index >= 15 is 0 Å². The number of carbonyl (C=O) groups is 1. The zero-order chi connectivity index (χ0) is 19.9. The lowest BCUT2D eigenvalue weighted by molar-refractivity contribution is -0.121. The number of amides is 1. The van der Waals surface area contributed by atoms with Crippen LogP contribution in [0.1, 0.15) is 36.0 Å². The number of phenols is 2. The van der Waals surface area contributed by atoms with Crippen molar-refractivity contribution in [1.82, 2.24) is 5.43 Å². The third-order valence-corrected chi connectivity index (χ3v) is 4.51. The molecule has 142 valence electrons. The standard InChI is InChI=1S/C23H22N2O3/c1-16(20-14-19(26)12-13-22(20)27)24-25-23(28)15-21(17-8-4-2-5-9-17)18-10-6-3-7-11-18/h2-14,21,26-27H,15H2,1H3,(H,25,28)/b24-16+. The van der Waals surface area contributed by atoms with Crippen LogP contribution in [0.25, 0.3) is 0 Å². The van der Waals surface area contributed by atoms with Crippen molar-refractivity contribution in [2.45, 2.75) is 19.3 Å². The van der Waals surface area contributed by atoms with Crippen LogP contribution in [0.4, 0.5) is 0 Å². The molecule has 0 fully saturated rings. The van der Waals surface area contributed by atoms with Gasteiger partial charge in [0.25, 0.3) is 0 Å². The van der Waals surface area contributed by atoms with Gasteiger partial charge in [0.2, 0.25) is 5.91 Å². The molecule has 0 bridgehead atoms. The zero-order valence-corrected chi connectivity index (χ0v) is 15.5. The predicted octanol–water partition coefficient (Wildman–Crippen LogP) is 4.16. The minimum atomic E-state index is -0.239. The van der Waals surface area contributed by atoms with E-state index in [9.17, 15) is 15.0 Å². The number of rotatable bonds is 6. The smallest absolute Gasteiger partial charge is 0.241 e. The van der Waals surface area contributed by atoms with Crippen molar-refractivity contribution in [3.05, 3.63) is 95.6 Å². The number of carbonyl (C=O) groups excluding carboxylic acids is 1. The average Bonchev–Trinajstić information content (AvgIpc) is 2.73. The molecular weight excluding hydrogens is 352 g/mol. The van der Waals surface area contributed by atoms with E-state index in [1.807, 2.05) is 60.7 Å². The summed E-state index contributed by atoms with van der Waals surface area (Å²) in [4.78, 5) is 12.6. The van der Waals surface area contributed by atoms with Crippen molar-refractivity contribution >= 4 is 11.6 Å². The molecule has 0 aliphatic carbocycles. The summed E-state index contributed by atoms with van der Waals surface area (Å²) in [6.45, 7) is 1.65. The number of hydrazone groups is 1. The van der Waals surface area contributed by atoms with Crippen molar-refractivity contribution in [2.75, 3.05) is 0 Å². The largest absolute Gasteiger partial charge is 0.508 e. The third-order valence-electron chi connectivity index (χ3n) is 4.51. The molecule has 3 aromatic carbocycles. The number of hydrogen-bond donors (Lipinski definition) is 3. The SMILES string of the molecule is C/C(=N\NC(=O)CC(c1ccccc1)c1ccccc1)c1cc(O)ccc1O. The van der Waals surface area contributed by atoms with Crippen LogP contribution >= 0.6 is 0 Å². The highest BCUT2D eigenvalue weighted by molar-refractivity contribution is 6.01. The highest BCUT2D eigenvalue weighted by Crippen LogP contribution is 2.28. The maximum Gasteiger partial charge on any atom is 0.241 e. The molecule has 0 radical (unpaired) electrons. The highest BCUT2D eigenvalue weighted by atomic mass is 16.3. The van der Waals surface area contributed by atoms with Gasteiger partial charge in [-0.1, -0.05) is 60.7 Å². The Morgan fingerprint density at radius 3 is 2.07 bits per heavy atom. The summed E-state index contributed by atoms with van der Waals surface area (Å²) in [6, 6.07) is 23.9. The van der Waals surface area contributed by atoms with Crippen LogP contribution in [0, 0.1) is 0 Å². The van der Waals surface area contributed by atoms with Crippen molar-refractivity contribution < 1.29 is 15.0 Å². The van der Waals surface area contributed by atoms with Crippen molar-refractivity contribution in [1.29, 1.82) is 0 Å². The maximum absolute atomic E-state index is 12.6. The Hall–Kier alpha value is -3.60. The van der Waals surface area contributed by atoms with E-state index in [0.717, 1.165) is 11.1 Å². The van der Waals surface area contributed by atoms with Crippen LogP contribution in [-0.4, -0.2) is 21.8 Å². The Morgan fingerprint density at radius 2 is 1.50 bits per heavy atom. The van der Waals surface area contributed by atoms with E-state index in [4.69, 9.17) is 0 Å². The summed E-state index contributed by atoms with van der Waals surface area (Å²) in [5, 5.41) is 23.6. The summed E-state index contributed by atoms with van der Waals surface area (Å²) in [7, 11) is 0. The lowest BCUT2D eigenvalue weighted by atomic mass is 9.88. The molecule has 0 unspecified atom stereocenters. The molecule has 0 aliphatic heterocycles. The second-order valence-corrected chi connectivity index (χ2v) is 6.51. The van der Waals surface area contributed by atoms with E-state index in [2.05, 4.69) is 10.5 Å². The topological polar surface area (TPSA) is 81.9 Å². The van der Waals surface area contributed by atoms with Gasteiger partial charge in [-0.25, -0.2) is 5.43 Å². The first kappa shape index (κ1) is 19.2. The summed E-state index contributed by atoms with van der Waals surface area (Å²) in [5.41, 5.74) is 5.42. The number of phenolic OH excluding ortho intramolecular Hbond substituents is 2. The van der Waals surface area contributed by atoms with Gasteiger partial charge in [-0.3, -0.25) is 4.79 Å². The Morgan fingerprint density at radius 1 is 0.929 bits per heavy atom. The van der Waals surface area contributed by atoms with Crippen molar-refractivity contribution in [2.24, 2.45) is 5.10 Å². The molecule has 0 saturated carbocycles. The molecule has 28 heavy (non-hydrogen) atoms. The molecular formula is C23H22N2O3. The Bertz CT molecular complexity index is 930. The Balaban J connectivity index is 1.76. The van der Waals surface area contributed by atoms with Crippen molar-refractivity contribution in [3.8, 4) is 11.5 Å². The second kappa shape index (κ2) is 8.86. The summed E-state index contributed by atoms with van der Waals surface area (Å²) in [5.74, 6) is -0.328. The molecule has 5 heteroatoms. The fourth-order valence-electron chi connectivity index (χ4n) is 3.05. The quantitative estimate of drug-likeness (QED) is 0.344. The van der Waals surface area contributed by atoms with Gasteiger partial charge in [-0.15, -0.1) is 0 Å². The van der Waals surface area contributed by atoms with E-state index in [1.165, 1.54) is 18.2 Å². The second-order valence-electron chi connectivity index (χ2n) is 6.51. The number of benzene rings is 3. The third kappa shape index (κ3) is 4.76. The zero-order valence-electron chi connectivity index (χ0n) is 15.5. The molecule has 5 nitrogen and oxygen atoms in total. The van der Waals surface area contributed by atoms with Gasteiger partial charge in [0.15, 0.2) is 0 Å². The Labute approximate surface area is 164 Å². The van der Waals surface area contributed by atoms with E-state index in [0.29, 0.717) is 11.3 Å². The average molecular weight is 374 g/mol. The van der Waals surface area contributed by atoms with Gasteiger partial charge in [0.1, 0.15) is 11.5 Å². The Kier molecular flexibility index (Phi) is 6.07. The molecule has 0 saturated heterocycles. The maximum atomic E-state index is 12.6. The van der Waals surface area contributed by atoms with Crippen LogP contribution in [0.15, 0.2) is 84.0 Å². The normalized spacial score (nSPS) is 11.4.